The molecule has 1 unspecified atom stereocenters. The smallest absolute Gasteiger partial charge is 0.416 e. The van der Waals surface area contributed by atoms with Crippen LogP contribution in [0.25, 0.3) is 0 Å². The van der Waals surface area contributed by atoms with Crippen molar-refractivity contribution in [2.75, 3.05) is 18.2 Å². The van der Waals surface area contributed by atoms with Crippen molar-refractivity contribution in [2.24, 2.45) is 0 Å². The first-order chi connectivity index (χ1) is 11.7. The molecule has 0 saturated carbocycles. The molecule has 2 rings (SSSR count). The van der Waals surface area contributed by atoms with Crippen molar-refractivity contribution < 1.29 is 22.7 Å². The lowest BCUT2D eigenvalue weighted by molar-refractivity contribution is -0.138. The summed E-state index contributed by atoms with van der Waals surface area (Å²) in [7, 11) is 1.48. The number of hydrogen-bond donors (Lipinski definition) is 2. The van der Waals surface area contributed by atoms with Crippen molar-refractivity contribution >= 4 is 17.3 Å². The van der Waals surface area contributed by atoms with E-state index in [0.29, 0.717) is 17.1 Å². The van der Waals surface area contributed by atoms with E-state index < -0.39 is 23.6 Å². The van der Waals surface area contributed by atoms with Gasteiger partial charge in [0.25, 0.3) is 0 Å². The molecule has 0 radical (unpaired) electrons. The zero-order valence-electron chi connectivity index (χ0n) is 13.9. The van der Waals surface area contributed by atoms with Gasteiger partial charge in [-0.15, -0.1) is 0 Å². The molecule has 2 aromatic carbocycles. The number of ether oxygens (including phenoxy) is 1. The summed E-state index contributed by atoms with van der Waals surface area (Å²) in [6.45, 7) is 1.59. The standard InChI is InChI=1S/C18H19F3N2O2/c1-11(13-5-3-4-6-14(13)18(19,20)21)9-17(24)23-12-7-8-16(25-2)15(22)10-12/h3-8,10-11H,9,22H2,1-2H3,(H,23,24). The number of hydrogen-bond acceptors (Lipinski definition) is 3. The number of carbonyl (C=O) groups excluding carboxylic acids is 1. The largest absolute Gasteiger partial charge is 0.495 e. The van der Waals surface area contributed by atoms with Crippen molar-refractivity contribution in [3.05, 3.63) is 53.6 Å². The minimum atomic E-state index is -4.45. The maximum atomic E-state index is 13.1. The summed E-state index contributed by atoms with van der Waals surface area (Å²) in [6.07, 6.45) is -4.54. The van der Waals surface area contributed by atoms with Gasteiger partial charge in [0.2, 0.25) is 5.91 Å². The number of nitrogens with one attached hydrogen (secondary N) is 1. The highest BCUT2D eigenvalue weighted by Gasteiger charge is 2.34. The number of nitrogen functional groups attached to an aromatic ring is 1. The van der Waals surface area contributed by atoms with Gasteiger partial charge in [0.05, 0.1) is 18.4 Å². The van der Waals surface area contributed by atoms with Crippen molar-refractivity contribution in [2.45, 2.75) is 25.4 Å². The number of alkyl halides is 3. The number of rotatable bonds is 5. The first kappa shape index (κ1) is 18.6. The van der Waals surface area contributed by atoms with Crippen LogP contribution in [0.1, 0.15) is 30.4 Å². The second kappa shape index (κ2) is 7.46. The quantitative estimate of drug-likeness (QED) is 0.783. The lowest BCUT2D eigenvalue weighted by Crippen LogP contribution is -2.17. The third kappa shape index (κ3) is 4.65. The zero-order chi connectivity index (χ0) is 18.6. The van der Waals surface area contributed by atoms with Gasteiger partial charge in [-0.25, -0.2) is 0 Å². The predicted octanol–water partition coefficient (Wildman–Crippen LogP) is 4.43. The molecule has 3 N–H and O–H groups in total. The van der Waals surface area contributed by atoms with E-state index in [1.54, 1.807) is 19.1 Å². The number of nitrogens with two attached hydrogens (primary N) is 1. The Balaban J connectivity index is 2.10. The van der Waals surface area contributed by atoms with Crippen LogP contribution in [0.4, 0.5) is 24.5 Å². The fourth-order valence-electron chi connectivity index (χ4n) is 2.60. The molecule has 1 atom stereocenters. The molecule has 25 heavy (non-hydrogen) atoms. The maximum Gasteiger partial charge on any atom is 0.416 e. The summed E-state index contributed by atoms with van der Waals surface area (Å²) in [5.41, 5.74) is 5.96. The molecule has 134 valence electrons. The van der Waals surface area contributed by atoms with Crippen LogP contribution in [0.5, 0.6) is 5.75 Å². The number of halogens is 3. The SMILES string of the molecule is COc1ccc(NC(=O)CC(C)c2ccccc2C(F)(F)F)cc1N. The highest BCUT2D eigenvalue weighted by Crippen LogP contribution is 2.36. The highest BCUT2D eigenvalue weighted by molar-refractivity contribution is 5.92. The van der Waals surface area contributed by atoms with E-state index in [9.17, 15) is 18.0 Å². The minimum Gasteiger partial charge on any atom is -0.495 e. The van der Waals surface area contributed by atoms with E-state index in [1.807, 2.05) is 0 Å². The highest BCUT2D eigenvalue weighted by atomic mass is 19.4. The topological polar surface area (TPSA) is 64.3 Å². The van der Waals surface area contributed by atoms with E-state index in [1.165, 1.54) is 31.4 Å². The molecule has 0 bridgehead atoms. The van der Waals surface area contributed by atoms with E-state index in [-0.39, 0.29) is 12.0 Å². The van der Waals surface area contributed by atoms with Crippen LogP contribution in [0.3, 0.4) is 0 Å². The summed E-state index contributed by atoms with van der Waals surface area (Å²) >= 11 is 0. The third-order valence-corrected chi connectivity index (χ3v) is 3.80. The average Bonchev–Trinajstić information content (AvgIpc) is 2.54. The normalized spacial score (nSPS) is 12.5. The Kier molecular flexibility index (Phi) is 5.56. The Morgan fingerprint density at radius 2 is 1.92 bits per heavy atom. The fourth-order valence-corrected chi connectivity index (χ4v) is 2.60. The van der Waals surface area contributed by atoms with Crippen LogP contribution >= 0.6 is 0 Å². The molecule has 0 aliphatic heterocycles. The first-order valence-corrected chi connectivity index (χ1v) is 7.62. The summed E-state index contributed by atoms with van der Waals surface area (Å²) in [5, 5.41) is 2.64. The Morgan fingerprint density at radius 3 is 2.52 bits per heavy atom. The molecule has 7 heteroatoms. The van der Waals surface area contributed by atoms with Gasteiger partial charge in [-0.05, 0) is 35.7 Å². The molecule has 0 fully saturated rings. The molecular weight excluding hydrogens is 333 g/mol. The number of benzene rings is 2. The van der Waals surface area contributed by atoms with Crippen LogP contribution < -0.4 is 15.8 Å². The van der Waals surface area contributed by atoms with Crippen molar-refractivity contribution in [3.8, 4) is 5.75 Å². The lowest BCUT2D eigenvalue weighted by atomic mass is 9.92. The Labute approximate surface area is 143 Å². The molecule has 0 saturated heterocycles. The van der Waals surface area contributed by atoms with Crippen molar-refractivity contribution in [1.29, 1.82) is 0 Å². The van der Waals surface area contributed by atoms with Crippen LogP contribution in [-0.2, 0) is 11.0 Å². The van der Waals surface area contributed by atoms with Crippen LogP contribution in [0.15, 0.2) is 42.5 Å². The molecule has 0 spiro atoms. The second-order valence-corrected chi connectivity index (χ2v) is 5.70. The van der Waals surface area contributed by atoms with E-state index in [4.69, 9.17) is 10.5 Å². The van der Waals surface area contributed by atoms with Gasteiger partial charge in [-0.1, -0.05) is 25.1 Å². The first-order valence-electron chi connectivity index (χ1n) is 7.62. The molecule has 4 nitrogen and oxygen atoms in total. The number of methoxy groups -OCH3 is 1. The minimum absolute atomic E-state index is 0.0843. The lowest BCUT2D eigenvalue weighted by Gasteiger charge is -2.18. The average molecular weight is 352 g/mol. The van der Waals surface area contributed by atoms with Gasteiger partial charge in [0.1, 0.15) is 5.75 Å². The number of amides is 1. The number of anilines is 2. The molecule has 0 aliphatic rings. The summed E-state index contributed by atoms with van der Waals surface area (Å²) < 4.78 is 44.3. The monoisotopic (exact) mass is 352 g/mol. The molecule has 0 aliphatic carbocycles. The van der Waals surface area contributed by atoms with Gasteiger partial charge >= 0.3 is 6.18 Å². The van der Waals surface area contributed by atoms with Crippen LogP contribution in [0, 0.1) is 0 Å². The molecule has 0 heterocycles. The number of carbonyl (C=O) groups is 1. The van der Waals surface area contributed by atoms with Crippen LogP contribution in [-0.4, -0.2) is 13.0 Å². The van der Waals surface area contributed by atoms with E-state index in [0.717, 1.165) is 6.07 Å². The van der Waals surface area contributed by atoms with Crippen LogP contribution in [0.2, 0.25) is 0 Å². The van der Waals surface area contributed by atoms with Gasteiger partial charge < -0.3 is 15.8 Å². The van der Waals surface area contributed by atoms with Gasteiger partial charge in [-0.3, -0.25) is 4.79 Å². The van der Waals surface area contributed by atoms with E-state index in [2.05, 4.69) is 5.32 Å². The van der Waals surface area contributed by atoms with Crippen molar-refractivity contribution in [3.63, 3.8) is 0 Å². The zero-order valence-corrected chi connectivity index (χ0v) is 13.9. The Hall–Kier alpha value is -2.70. The maximum absolute atomic E-state index is 13.1. The fraction of sp³-hybridized carbons (Fsp3) is 0.278. The summed E-state index contributed by atoms with van der Waals surface area (Å²) in [4.78, 5) is 12.2. The molecular formula is C18H19F3N2O2. The summed E-state index contributed by atoms with van der Waals surface area (Å²) in [5.74, 6) is -0.507. The summed E-state index contributed by atoms with van der Waals surface area (Å²) in [6, 6.07) is 10.0. The molecule has 0 aromatic heterocycles. The van der Waals surface area contributed by atoms with Gasteiger partial charge in [0.15, 0.2) is 0 Å². The van der Waals surface area contributed by atoms with Crippen molar-refractivity contribution in [1.82, 2.24) is 0 Å². The van der Waals surface area contributed by atoms with E-state index >= 15 is 0 Å². The van der Waals surface area contributed by atoms with Gasteiger partial charge in [0, 0.05) is 12.1 Å². The molecule has 2 aromatic rings. The Morgan fingerprint density at radius 1 is 1.24 bits per heavy atom. The Bertz CT molecular complexity index is 760. The predicted molar refractivity (Wildman–Crippen MR) is 90.5 cm³/mol. The third-order valence-electron chi connectivity index (χ3n) is 3.80. The molecule has 1 amide bonds. The van der Waals surface area contributed by atoms with Gasteiger partial charge in [-0.2, -0.15) is 13.2 Å². The second-order valence-electron chi connectivity index (χ2n) is 5.70.